The molecule has 0 aliphatic carbocycles. The maximum Gasteiger partial charge on any atom is 0.0596 e. The minimum absolute atomic E-state index is 0. The number of piperidine rings is 2. The second-order valence-corrected chi connectivity index (χ2v) is 14.4. The largest absolute Gasteiger partial charge is 0.377 e. The molecule has 0 atom stereocenters. The fourth-order valence-electron chi connectivity index (χ4n) is 5.16. The Kier molecular flexibility index (Phi) is 31.7. The molecule has 3 heterocycles. The van der Waals surface area contributed by atoms with Gasteiger partial charge in [-0.2, -0.15) is 0 Å². The lowest BCUT2D eigenvalue weighted by Crippen LogP contribution is -2.33. The molecule has 3 aliphatic heterocycles. The van der Waals surface area contributed by atoms with Crippen molar-refractivity contribution in [2.24, 2.45) is 11.8 Å². The van der Waals surface area contributed by atoms with Crippen molar-refractivity contribution in [2.75, 3.05) is 92.8 Å². The van der Waals surface area contributed by atoms with Crippen molar-refractivity contribution in [1.29, 1.82) is 0 Å². The zero-order valence-electron chi connectivity index (χ0n) is 30.5. The van der Waals surface area contributed by atoms with Crippen LogP contribution in [0.3, 0.4) is 0 Å². The quantitative estimate of drug-likeness (QED) is 0.196. The second-order valence-electron chi connectivity index (χ2n) is 14.4. The van der Waals surface area contributed by atoms with E-state index in [0.29, 0.717) is 12.2 Å². The molecule has 3 fully saturated rings. The lowest BCUT2D eigenvalue weighted by Gasteiger charge is -2.26. The van der Waals surface area contributed by atoms with E-state index < -0.39 is 0 Å². The molecule has 262 valence electrons. The van der Waals surface area contributed by atoms with Crippen LogP contribution in [0.25, 0.3) is 0 Å². The molecule has 0 aromatic heterocycles. The Morgan fingerprint density at radius 1 is 0.488 bits per heavy atom. The molecule has 6 nitrogen and oxygen atoms in total. The average molecular weight is 615 g/mol. The number of likely N-dealkylation sites (tertiary alicyclic amines) is 3. The van der Waals surface area contributed by atoms with Crippen molar-refractivity contribution in [3.8, 4) is 0 Å². The van der Waals surface area contributed by atoms with Crippen LogP contribution in [0.5, 0.6) is 0 Å². The molecule has 3 aliphatic rings. The van der Waals surface area contributed by atoms with E-state index in [1.807, 2.05) is 0 Å². The van der Waals surface area contributed by atoms with Gasteiger partial charge in [-0.3, -0.25) is 0 Å². The summed E-state index contributed by atoms with van der Waals surface area (Å²) >= 11 is 0. The van der Waals surface area contributed by atoms with Gasteiger partial charge in [0, 0.05) is 13.1 Å². The SMILES string of the molecule is C.CC(C)CCN(C)C.CC(C)CCN1CCCC1.CC(C)OCCN1CCCCC1.CC(C)OCCN1CCCCC1. The molecule has 0 aromatic rings. The van der Waals surface area contributed by atoms with E-state index in [4.69, 9.17) is 9.47 Å². The first-order valence-electron chi connectivity index (χ1n) is 18.0. The lowest BCUT2D eigenvalue weighted by atomic mass is 10.1. The van der Waals surface area contributed by atoms with Crippen LogP contribution >= 0.6 is 0 Å². The summed E-state index contributed by atoms with van der Waals surface area (Å²) in [6.45, 7) is 31.9. The zero-order chi connectivity index (χ0) is 31.6. The Balaban J connectivity index is 0. The maximum atomic E-state index is 5.50. The van der Waals surface area contributed by atoms with Crippen LogP contribution in [-0.2, 0) is 9.47 Å². The molecule has 6 heteroatoms. The highest BCUT2D eigenvalue weighted by Gasteiger charge is 2.11. The Bertz CT molecular complexity index is 503. The van der Waals surface area contributed by atoms with Crippen molar-refractivity contribution >= 4 is 0 Å². The summed E-state index contributed by atoms with van der Waals surface area (Å²) in [6, 6.07) is 0. The van der Waals surface area contributed by atoms with Crippen LogP contribution in [-0.4, -0.2) is 125 Å². The van der Waals surface area contributed by atoms with Crippen LogP contribution in [0.4, 0.5) is 0 Å². The van der Waals surface area contributed by atoms with Crippen molar-refractivity contribution in [3.05, 3.63) is 0 Å². The topological polar surface area (TPSA) is 31.4 Å². The molecule has 0 N–H and O–H groups in total. The van der Waals surface area contributed by atoms with Gasteiger partial charge >= 0.3 is 0 Å². The van der Waals surface area contributed by atoms with Crippen LogP contribution in [0, 0.1) is 11.8 Å². The number of nitrogens with zero attached hydrogens (tertiary/aromatic N) is 4. The van der Waals surface area contributed by atoms with Crippen LogP contribution < -0.4 is 0 Å². The van der Waals surface area contributed by atoms with E-state index in [9.17, 15) is 0 Å². The van der Waals surface area contributed by atoms with Crippen molar-refractivity contribution < 1.29 is 9.47 Å². The predicted octanol–water partition coefficient (Wildman–Crippen LogP) is 8.15. The molecule has 3 saturated heterocycles. The molecule has 0 amide bonds. The summed E-state index contributed by atoms with van der Waals surface area (Å²) in [7, 11) is 4.23. The van der Waals surface area contributed by atoms with Gasteiger partial charge in [0.25, 0.3) is 0 Å². The first-order valence-corrected chi connectivity index (χ1v) is 18.0. The number of ether oxygens (including phenoxy) is 2. The Labute approximate surface area is 272 Å². The second kappa shape index (κ2) is 30.4. The van der Waals surface area contributed by atoms with E-state index >= 15 is 0 Å². The van der Waals surface area contributed by atoms with Crippen LogP contribution in [0.1, 0.15) is 127 Å². The predicted molar refractivity (Wildman–Crippen MR) is 193 cm³/mol. The Morgan fingerprint density at radius 3 is 1.09 bits per heavy atom. The van der Waals surface area contributed by atoms with Gasteiger partial charge in [-0.15, -0.1) is 0 Å². The van der Waals surface area contributed by atoms with E-state index in [1.54, 1.807) is 0 Å². The highest BCUT2D eigenvalue weighted by atomic mass is 16.5. The summed E-state index contributed by atoms with van der Waals surface area (Å²) in [4.78, 5) is 9.82. The fourth-order valence-corrected chi connectivity index (χ4v) is 5.16. The minimum atomic E-state index is 0. The first-order chi connectivity index (χ1) is 20.0. The third-order valence-electron chi connectivity index (χ3n) is 7.99. The normalized spacial score (nSPS) is 18.2. The average Bonchev–Trinajstić information content (AvgIpc) is 3.47. The van der Waals surface area contributed by atoms with E-state index in [2.05, 4.69) is 89.1 Å². The molecule has 43 heavy (non-hydrogen) atoms. The summed E-state index contributed by atoms with van der Waals surface area (Å²) in [5.41, 5.74) is 0. The van der Waals surface area contributed by atoms with Crippen molar-refractivity contribution in [2.45, 2.75) is 139 Å². The third-order valence-corrected chi connectivity index (χ3v) is 7.99. The molecule has 0 spiro atoms. The molecule has 0 unspecified atom stereocenters. The van der Waals surface area contributed by atoms with Gasteiger partial charge in [0.1, 0.15) is 0 Å². The molecular weight excluding hydrogens is 532 g/mol. The van der Waals surface area contributed by atoms with Crippen LogP contribution in [0.15, 0.2) is 0 Å². The smallest absolute Gasteiger partial charge is 0.0596 e. The van der Waals surface area contributed by atoms with Gasteiger partial charge in [0.05, 0.1) is 25.4 Å². The number of hydrogen-bond acceptors (Lipinski definition) is 6. The molecular formula is C37H82N4O2. The standard InChI is InChI=1S/2C10H21NO.C9H19N.C7H17N.CH4/c2*1-10(2)12-9-8-11-6-4-3-5-7-11;1-9(2)5-8-10-6-3-4-7-10;1-7(2)5-6-8(3)4;/h2*10H,3-9H2,1-2H3;9H,3-8H2,1-2H3;7H,5-6H2,1-4H3;1H4. The number of hydrogen-bond donors (Lipinski definition) is 0. The Hall–Kier alpha value is -0.240. The van der Waals surface area contributed by atoms with Gasteiger partial charge in [0.15, 0.2) is 0 Å². The van der Waals surface area contributed by atoms with Gasteiger partial charge < -0.3 is 29.1 Å². The van der Waals surface area contributed by atoms with Gasteiger partial charge in [-0.05, 0) is 157 Å². The molecule has 0 saturated carbocycles. The lowest BCUT2D eigenvalue weighted by molar-refractivity contribution is 0.0549. The highest BCUT2D eigenvalue weighted by molar-refractivity contribution is 4.66. The van der Waals surface area contributed by atoms with E-state index in [0.717, 1.165) is 38.1 Å². The summed E-state index contributed by atoms with van der Waals surface area (Å²) in [5, 5.41) is 0. The van der Waals surface area contributed by atoms with Gasteiger partial charge in [-0.25, -0.2) is 0 Å². The Morgan fingerprint density at radius 2 is 0.814 bits per heavy atom. The highest BCUT2D eigenvalue weighted by Crippen LogP contribution is 2.10. The summed E-state index contributed by atoms with van der Waals surface area (Å²) < 4.78 is 11.0. The molecule has 0 radical (unpaired) electrons. The minimum Gasteiger partial charge on any atom is -0.377 e. The van der Waals surface area contributed by atoms with E-state index in [1.165, 1.54) is 117 Å². The first kappa shape index (κ1) is 44.9. The third kappa shape index (κ3) is 33.0. The summed E-state index contributed by atoms with van der Waals surface area (Å²) in [5.74, 6) is 1.72. The zero-order valence-corrected chi connectivity index (χ0v) is 30.5. The molecule has 0 bridgehead atoms. The maximum absolute atomic E-state index is 5.50. The molecule has 3 rings (SSSR count). The summed E-state index contributed by atoms with van der Waals surface area (Å²) in [6.07, 6.45) is 14.7. The van der Waals surface area contributed by atoms with E-state index in [-0.39, 0.29) is 7.43 Å². The number of rotatable bonds is 14. The molecule has 0 aromatic carbocycles. The van der Waals surface area contributed by atoms with Crippen molar-refractivity contribution in [1.82, 2.24) is 19.6 Å². The van der Waals surface area contributed by atoms with Crippen molar-refractivity contribution in [3.63, 3.8) is 0 Å². The fraction of sp³-hybridized carbons (Fsp3) is 1.00. The van der Waals surface area contributed by atoms with Crippen LogP contribution in [0.2, 0.25) is 0 Å². The monoisotopic (exact) mass is 615 g/mol. The van der Waals surface area contributed by atoms with Gasteiger partial charge in [0.2, 0.25) is 0 Å². The van der Waals surface area contributed by atoms with Gasteiger partial charge in [-0.1, -0.05) is 48.0 Å².